The maximum Gasteiger partial charge on any atom is 0.365 e. The molecule has 0 aliphatic carbocycles. The predicted octanol–water partition coefficient (Wildman–Crippen LogP) is 1.15. The SMILES string of the molecule is CCCSc1nc(NC)c2ncn([C@@H]3O[C@H](COP(O)(=S)OP(=O)(O)C(Cl)P(=O)(O)OP(O)(=S)OC[C@H]4O[C@@H](n5cnc6c(N)nc(SC)nc65)[C@H](O)[C@@H]4O)[C@@H](O)[C@H]3O)c2n1. The summed E-state index contributed by atoms with van der Waals surface area (Å²) in [6.45, 7) is -9.53. The number of aliphatic hydroxyl groups excluding tert-OH is 4. The van der Waals surface area contributed by atoms with Gasteiger partial charge in [0.05, 0.1) is 25.9 Å². The number of imidazole rings is 2. The van der Waals surface area contributed by atoms with Crippen LogP contribution in [0, 0.1) is 0 Å². The molecule has 340 valence electrons. The van der Waals surface area contributed by atoms with Crippen molar-refractivity contribution in [1.82, 2.24) is 39.0 Å². The molecule has 5 unspecified atom stereocenters. The van der Waals surface area contributed by atoms with E-state index in [1.165, 1.54) is 45.3 Å². The molecule has 2 aliphatic rings. The second-order valence-corrected chi connectivity index (χ2v) is 26.0. The van der Waals surface area contributed by atoms with Gasteiger partial charge in [0.1, 0.15) is 42.1 Å². The second kappa shape index (κ2) is 19.4. The zero-order chi connectivity index (χ0) is 44.8. The highest BCUT2D eigenvalue weighted by atomic mass is 35.5. The van der Waals surface area contributed by atoms with Crippen LogP contribution in [0.4, 0.5) is 11.6 Å². The molecule has 2 aliphatic heterocycles. The summed E-state index contributed by atoms with van der Waals surface area (Å²) in [6, 6.07) is 0. The monoisotopic (exact) mass is 1030 g/mol. The van der Waals surface area contributed by atoms with Gasteiger partial charge in [-0.15, -0.1) is 0 Å². The van der Waals surface area contributed by atoms with Crippen LogP contribution in [0.15, 0.2) is 23.0 Å². The minimum Gasteiger partial charge on any atom is -0.387 e. The summed E-state index contributed by atoms with van der Waals surface area (Å²) in [7, 11) is -9.84. The van der Waals surface area contributed by atoms with E-state index in [2.05, 4.69) is 43.8 Å². The Morgan fingerprint density at radius 1 is 0.836 bits per heavy atom. The van der Waals surface area contributed by atoms with Crippen LogP contribution >= 0.6 is 63.8 Å². The first-order valence-electron chi connectivity index (χ1n) is 17.3. The highest BCUT2D eigenvalue weighted by molar-refractivity contribution is 8.09. The fraction of sp³-hybridized carbons (Fsp3) is 0.615. The zero-order valence-electron chi connectivity index (χ0n) is 31.5. The van der Waals surface area contributed by atoms with Gasteiger partial charge in [-0.2, -0.15) is 0 Å². The van der Waals surface area contributed by atoms with Crippen molar-refractivity contribution in [1.29, 1.82) is 0 Å². The van der Waals surface area contributed by atoms with E-state index >= 15 is 0 Å². The summed E-state index contributed by atoms with van der Waals surface area (Å²) in [5, 5.41) is 46.7. The molecule has 6 heterocycles. The largest absolute Gasteiger partial charge is 0.387 e. The van der Waals surface area contributed by atoms with Gasteiger partial charge in [0.2, 0.25) is 4.86 Å². The van der Waals surface area contributed by atoms with Gasteiger partial charge in [0, 0.05) is 12.8 Å². The number of nitrogens with zero attached hydrogens (tertiary/aromatic N) is 8. The van der Waals surface area contributed by atoms with Crippen molar-refractivity contribution in [2.45, 2.75) is 77.6 Å². The van der Waals surface area contributed by atoms with E-state index in [9.17, 15) is 49.1 Å². The first kappa shape index (κ1) is 49.3. The highest BCUT2D eigenvalue weighted by Crippen LogP contribution is 2.76. The molecule has 0 amide bonds. The van der Waals surface area contributed by atoms with Crippen molar-refractivity contribution in [3.8, 4) is 0 Å². The predicted molar refractivity (Wildman–Crippen MR) is 226 cm³/mol. The molecule has 0 saturated carbocycles. The van der Waals surface area contributed by atoms with Crippen LogP contribution < -0.4 is 11.1 Å². The molecule has 6 rings (SSSR count). The number of rotatable bonds is 19. The van der Waals surface area contributed by atoms with E-state index in [1.54, 1.807) is 13.3 Å². The molecule has 13 atom stereocenters. The van der Waals surface area contributed by atoms with Gasteiger partial charge in [-0.05, 0) is 36.3 Å². The Morgan fingerprint density at radius 2 is 1.31 bits per heavy atom. The topological polar surface area (TPSA) is 377 Å². The molecule has 4 aromatic heterocycles. The Balaban J connectivity index is 1.05. The van der Waals surface area contributed by atoms with Gasteiger partial charge in [0.15, 0.2) is 51.2 Å². The number of ether oxygens (including phenoxy) is 2. The number of anilines is 2. The number of halogens is 1. The molecule has 2 fully saturated rings. The summed E-state index contributed by atoms with van der Waals surface area (Å²) in [5.41, 5.74) is 6.86. The second-order valence-electron chi connectivity index (χ2n) is 12.9. The summed E-state index contributed by atoms with van der Waals surface area (Å²) in [5.74, 6) is 1.15. The average molecular weight is 1040 g/mol. The lowest BCUT2D eigenvalue weighted by molar-refractivity contribution is -0.0486. The molecule has 0 aromatic carbocycles. The molecule has 0 spiro atoms. The van der Waals surface area contributed by atoms with Gasteiger partial charge < -0.3 is 69.6 Å². The number of hydrogen-bond acceptors (Lipinski definition) is 24. The van der Waals surface area contributed by atoms with Gasteiger partial charge in [-0.1, -0.05) is 42.0 Å². The molecule has 2 saturated heterocycles. The molecular weight excluding hydrogens is 996 g/mol. The third-order valence-corrected chi connectivity index (χ3v) is 20.9. The third kappa shape index (κ3) is 10.8. The number of hydrogen-bond donors (Lipinski definition) is 10. The Bertz CT molecular complexity index is 2450. The van der Waals surface area contributed by atoms with Gasteiger partial charge >= 0.3 is 28.6 Å². The number of fused-ring (bicyclic) bond motifs is 2. The molecule has 26 nitrogen and oxygen atoms in total. The quantitative estimate of drug-likeness (QED) is 0.0272. The molecule has 11 N–H and O–H groups in total. The molecule has 4 aromatic rings. The summed E-state index contributed by atoms with van der Waals surface area (Å²) < 4.78 is 59.8. The minimum atomic E-state index is -5.74. The fourth-order valence-electron chi connectivity index (χ4n) is 5.84. The van der Waals surface area contributed by atoms with E-state index in [-0.39, 0.29) is 27.8 Å². The van der Waals surface area contributed by atoms with Crippen LogP contribution in [0.3, 0.4) is 0 Å². The first-order valence-corrected chi connectivity index (χ1v) is 28.4. The van der Waals surface area contributed by atoms with Crippen LogP contribution in [0.25, 0.3) is 22.3 Å². The van der Waals surface area contributed by atoms with Crippen molar-refractivity contribution in [2.75, 3.05) is 43.3 Å². The highest BCUT2D eigenvalue weighted by Gasteiger charge is 2.53. The van der Waals surface area contributed by atoms with Crippen LogP contribution in [0.1, 0.15) is 25.8 Å². The van der Waals surface area contributed by atoms with E-state index in [0.717, 1.165) is 6.42 Å². The number of alkyl halides is 1. The average Bonchev–Trinajstić information content (AvgIpc) is 3.95. The fourth-order valence-corrected chi connectivity index (χ4v) is 15.9. The maximum absolute atomic E-state index is 13.1. The summed E-state index contributed by atoms with van der Waals surface area (Å²) in [4.78, 5) is 65.1. The first-order chi connectivity index (χ1) is 28.5. The van der Waals surface area contributed by atoms with Crippen molar-refractivity contribution in [2.24, 2.45) is 0 Å². The van der Waals surface area contributed by atoms with Crippen LogP contribution in [0.2, 0.25) is 0 Å². The van der Waals surface area contributed by atoms with E-state index < -0.39 is 95.8 Å². The summed E-state index contributed by atoms with van der Waals surface area (Å²) in [6.07, 6.45) is -7.08. The van der Waals surface area contributed by atoms with Gasteiger partial charge in [-0.3, -0.25) is 18.3 Å². The van der Waals surface area contributed by atoms with E-state index in [1.807, 2.05) is 6.92 Å². The number of nitrogen functional groups attached to an aromatic ring is 1. The molecule has 0 radical (unpaired) electrons. The maximum atomic E-state index is 13.1. The number of nitrogens with two attached hydrogens (primary N) is 1. The number of thioether (sulfide) groups is 2. The van der Waals surface area contributed by atoms with Gasteiger partial charge in [0.25, 0.3) is 0 Å². The zero-order valence-corrected chi connectivity index (χ0v) is 39.1. The van der Waals surface area contributed by atoms with Crippen LogP contribution in [-0.2, 0) is 59.9 Å². The van der Waals surface area contributed by atoms with Crippen molar-refractivity contribution in [3.05, 3.63) is 12.7 Å². The Kier molecular flexibility index (Phi) is 15.7. The lowest BCUT2D eigenvalue weighted by atomic mass is 10.1. The van der Waals surface area contributed by atoms with E-state index in [4.69, 9.17) is 59.5 Å². The van der Waals surface area contributed by atoms with Gasteiger partial charge in [-0.25, -0.2) is 38.5 Å². The molecule has 35 heteroatoms. The molecular formula is C26H39ClN10O16P4S4. The lowest BCUT2D eigenvalue weighted by Crippen LogP contribution is -2.33. The number of nitrogens with one attached hydrogen (secondary N) is 1. The lowest BCUT2D eigenvalue weighted by Gasteiger charge is -2.27. The van der Waals surface area contributed by atoms with Crippen LogP contribution in [0.5, 0.6) is 0 Å². The Hall–Kier alpha value is -1.11. The number of aliphatic hydroxyl groups is 4. The standard InChI is InChI=1S/C26H39ClN10O16P4S4/c1-4-5-61-26-33-19(29-2)13-21(35-26)37(9-31-13)23-17(41)15(39)11(51-23)7-49-57(47,59)53-55(44,45)24(27)54(42,43)52-56(46,58)48-6-10-14(38)16(40)22(50-10)36-8-30-12-18(28)32-25(60-3)34-20(12)36/h8-11,14-17,22-24,38-41H,4-7H2,1-3H3,(H,42,43)(H,44,45)(H,46,58)(H,47,59)(H2,28,32,34)(H,29,33,35)/t10-,11-,14-,15-,16-,17-,22-,23-,24?,56?,57?/m1/s1. The molecule has 61 heavy (non-hydrogen) atoms. The molecule has 0 bridgehead atoms. The third-order valence-electron chi connectivity index (χ3n) is 8.69. The van der Waals surface area contributed by atoms with Crippen molar-refractivity contribution >= 4 is 121 Å². The minimum absolute atomic E-state index is 0.0406. The van der Waals surface area contributed by atoms with Crippen LogP contribution in [-0.4, -0.2) is 153 Å². The van der Waals surface area contributed by atoms with Crippen molar-refractivity contribution < 1.29 is 76.3 Å². The van der Waals surface area contributed by atoms with Crippen molar-refractivity contribution in [3.63, 3.8) is 0 Å². The summed E-state index contributed by atoms with van der Waals surface area (Å²) >= 11 is 18.0. The van der Waals surface area contributed by atoms with E-state index in [0.29, 0.717) is 22.2 Å². The Morgan fingerprint density at radius 3 is 1.79 bits per heavy atom. The normalized spacial score (nSPS) is 29.0. The number of aromatic nitrogens is 8. The smallest absolute Gasteiger partial charge is 0.365 e. The Labute approximate surface area is 368 Å².